The van der Waals surface area contributed by atoms with Crippen LogP contribution in [0.1, 0.15) is 10.6 Å². The number of hydrogen-bond donors (Lipinski definition) is 1. The third kappa shape index (κ3) is 2.78. The van der Waals surface area contributed by atoms with Gasteiger partial charge in [-0.25, -0.2) is 9.97 Å². The van der Waals surface area contributed by atoms with E-state index in [4.69, 9.17) is 5.73 Å². The van der Waals surface area contributed by atoms with Crippen molar-refractivity contribution < 1.29 is 0 Å². The molecule has 3 heterocycles. The van der Waals surface area contributed by atoms with Gasteiger partial charge in [0.2, 0.25) is 0 Å². The summed E-state index contributed by atoms with van der Waals surface area (Å²) in [5.41, 5.74) is 8.15. The summed E-state index contributed by atoms with van der Waals surface area (Å²) in [5, 5.41) is 0.917. The highest BCUT2D eigenvalue weighted by Gasteiger charge is 2.11. The largest absolute Gasteiger partial charge is 0.383 e. The highest BCUT2D eigenvalue weighted by Crippen LogP contribution is 2.30. The summed E-state index contributed by atoms with van der Waals surface area (Å²) < 4.78 is 0. The van der Waals surface area contributed by atoms with Crippen LogP contribution in [0.3, 0.4) is 0 Å². The highest BCUT2D eigenvalue weighted by atomic mass is 32.1. The van der Waals surface area contributed by atoms with Crippen LogP contribution in [-0.2, 0) is 6.42 Å². The maximum atomic E-state index is 6.14. The number of fused-ring (bicyclic) bond motifs is 1. The number of aromatic nitrogens is 3. The second-order valence-electron chi connectivity index (χ2n) is 5.23. The van der Waals surface area contributed by atoms with Crippen molar-refractivity contribution in [2.75, 3.05) is 5.73 Å². The fourth-order valence-electron chi connectivity index (χ4n) is 2.48. The van der Waals surface area contributed by atoms with Crippen molar-refractivity contribution in [2.24, 2.45) is 0 Å². The lowest BCUT2D eigenvalue weighted by molar-refractivity contribution is 1.10. The Hall–Kier alpha value is -2.79. The average Bonchev–Trinajstić information content (AvgIpc) is 2.99. The lowest BCUT2D eigenvalue weighted by atomic mass is 10.2. The number of nitrogens with zero attached hydrogens (tertiary/aromatic N) is 3. The molecule has 0 radical (unpaired) electrons. The molecule has 0 atom stereocenters. The van der Waals surface area contributed by atoms with Gasteiger partial charge in [0.15, 0.2) is 5.82 Å². The molecule has 5 heteroatoms. The van der Waals surface area contributed by atoms with Gasteiger partial charge in [0, 0.05) is 28.8 Å². The van der Waals surface area contributed by atoms with E-state index in [1.54, 1.807) is 11.3 Å². The molecule has 0 bridgehead atoms. The topological polar surface area (TPSA) is 64.7 Å². The van der Waals surface area contributed by atoms with Gasteiger partial charge in [-0.3, -0.25) is 4.98 Å². The van der Waals surface area contributed by atoms with Gasteiger partial charge in [0.05, 0.1) is 5.39 Å². The predicted octanol–water partition coefficient (Wildman–Crippen LogP) is 3.93. The second kappa shape index (κ2) is 5.78. The molecule has 3 aromatic heterocycles. The second-order valence-corrected chi connectivity index (χ2v) is 6.34. The van der Waals surface area contributed by atoms with E-state index in [9.17, 15) is 0 Å². The average molecular weight is 318 g/mol. The number of pyridine rings is 1. The van der Waals surface area contributed by atoms with Crippen molar-refractivity contribution in [3.05, 3.63) is 71.4 Å². The van der Waals surface area contributed by atoms with Crippen LogP contribution >= 0.6 is 11.3 Å². The van der Waals surface area contributed by atoms with Gasteiger partial charge in [0.25, 0.3) is 0 Å². The van der Waals surface area contributed by atoms with E-state index in [0.717, 1.165) is 27.9 Å². The summed E-state index contributed by atoms with van der Waals surface area (Å²) in [7, 11) is 0. The summed E-state index contributed by atoms with van der Waals surface area (Å²) in [6.45, 7) is 0. The highest BCUT2D eigenvalue weighted by molar-refractivity contribution is 7.18. The van der Waals surface area contributed by atoms with E-state index in [2.05, 4.69) is 21.0 Å². The summed E-state index contributed by atoms with van der Waals surface area (Å²) in [6, 6.07) is 17.9. The van der Waals surface area contributed by atoms with Crippen molar-refractivity contribution in [1.29, 1.82) is 0 Å². The quantitative estimate of drug-likeness (QED) is 0.621. The van der Waals surface area contributed by atoms with Crippen LogP contribution in [0.5, 0.6) is 0 Å². The number of anilines is 1. The Morgan fingerprint density at radius 1 is 0.957 bits per heavy atom. The SMILES string of the molecule is Nc1nc(-c2ccccc2)nc2sc(Cc3ccccn3)cc12. The van der Waals surface area contributed by atoms with Gasteiger partial charge in [-0.05, 0) is 18.2 Å². The minimum Gasteiger partial charge on any atom is -0.383 e. The maximum absolute atomic E-state index is 6.14. The van der Waals surface area contributed by atoms with Crippen LogP contribution < -0.4 is 5.73 Å². The molecular weight excluding hydrogens is 304 g/mol. The monoisotopic (exact) mass is 318 g/mol. The Bertz CT molecular complexity index is 949. The zero-order chi connectivity index (χ0) is 15.6. The van der Waals surface area contributed by atoms with E-state index in [-0.39, 0.29) is 0 Å². The standard InChI is InChI=1S/C18H14N4S/c19-16-15-11-14(10-13-8-4-5-9-20-13)23-18(15)22-17(21-16)12-6-2-1-3-7-12/h1-9,11H,10H2,(H2,19,21,22). The summed E-state index contributed by atoms with van der Waals surface area (Å²) in [4.78, 5) is 15.6. The van der Waals surface area contributed by atoms with Crippen LogP contribution in [-0.4, -0.2) is 15.0 Å². The van der Waals surface area contributed by atoms with E-state index < -0.39 is 0 Å². The molecule has 1 aromatic carbocycles. The van der Waals surface area contributed by atoms with Gasteiger partial charge < -0.3 is 5.73 Å². The Balaban J connectivity index is 1.75. The van der Waals surface area contributed by atoms with E-state index in [1.165, 1.54) is 4.88 Å². The third-order valence-electron chi connectivity index (χ3n) is 3.59. The normalized spacial score (nSPS) is 11.0. The Morgan fingerprint density at radius 3 is 2.57 bits per heavy atom. The molecule has 0 aliphatic heterocycles. The van der Waals surface area contributed by atoms with Crippen molar-refractivity contribution >= 4 is 27.4 Å². The number of hydrogen-bond acceptors (Lipinski definition) is 5. The zero-order valence-electron chi connectivity index (χ0n) is 12.3. The molecule has 0 saturated carbocycles. The fraction of sp³-hybridized carbons (Fsp3) is 0.0556. The number of nitrogens with two attached hydrogens (primary N) is 1. The van der Waals surface area contributed by atoms with Crippen molar-refractivity contribution in [3.8, 4) is 11.4 Å². The summed E-state index contributed by atoms with van der Waals surface area (Å²) in [6.07, 6.45) is 2.59. The van der Waals surface area contributed by atoms with E-state index in [0.29, 0.717) is 11.6 Å². The molecule has 0 fully saturated rings. The van der Waals surface area contributed by atoms with Crippen LogP contribution in [0.25, 0.3) is 21.6 Å². The molecular formula is C18H14N4S. The number of rotatable bonds is 3. The molecule has 0 aliphatic rings. The Morgan fingerprint density at radius 2 is 1.78 bits per heavy atom. The van der Waals surface area contributed by atoms with Crippen molar-refractivity contribution in [2.45, 2.75) is 6.42 Å². The molecule has 112 valence electrons. The number of thiophene rings is 1. The van der Waals surface area contributed by atoms with Crippen LogP contribution in [0.4, 0.5) is 5.82 Å². The first kappa shape index (κ1) is 13.8. The third-order valence-corrected chi connectivity index (χ3v) is 4.62. The number of nitrogen functional groups attached to an aromatic ring is 1. The number of benzene rings is 1. The maximum Gasteiger partial charge on any atom is 0.163 e. The van der Waals surface area contributed by atoms with Gasteiger partial charge in [-0.2, -0.15) is 0 Å². The lowest BCUT2D eigenvalue weighted by Crippen LogP contribution is -1.95. The van der Waals surface area contributed by atoms with E-state index in [1.807, 2.05) is 54.7 Å². The van der Waals surface area contributed by atoms with Crippen molar-refractivity contribution in [3.63, 3.8) is 0 Å². The molecule has 0 unspecified atom stereocenters. The predicted molar refractivity (Wildman–Crippen MR) is 94.3 cm³/mol. The molecule has 4 nitrogen and oxygen atoms in total. The molecule has 2 N–H and O–H groups in total. The van der Waals surface area contributed by atoms with Crippen LogP contribution in [0.15, 0.2) is 60.8 Å². The molecule has 0 saturated heterocycles. The Labute approximate surface area is 137 Å². The van der Waals surface area contributed by atoms with Gasteiger partial charge in [0.1, 0.15) is 10.6 Å². The first-order valence-electron chi connectivity index (χ1n) is 7.31. The van der Waals surface area contributed by atoms with E-state index >= 15 is 0 Å². The first-order chi connectivity index (χ1) is 11.3. The van der Waals surface area contributed by atoms with Crippen LogP contribution in [0.2, 0.25) is 0 Å². The van der Waals surface area contributed by atoms with Gasteiger partial charge >= 0.3 is 0 Å². The van der Waals surface area contributed by atoms with Gasteiger partial charge in [-0.15, -0.1) is 11.3 Å². The molecule has 0 spiro atoms. The van der Waals surface area contributed by atoms with Crippen molar-refractivity contribution in [1.82, 2.24) is 15.0 Å². The lowest BCUT2D eigenvalue weighted by Gasteiger charge is -2.01. The summed E-state index contributed by atoms with van der Waals surface area (Å²) >= 11 is 1.64. The van der Waals surface area contributed by atoms with Crippen LogP contribution in [0, 0.1) is 0 Å². The zero-order valence-corrected chi connectivity index (χ0v) is 13.1. The molecule has 23 heavy (non-hydrogen) atoms. The molecule has 4 aromatic rings. The smallest absolute Gasteiger partial charge is 0.163 e. The molecule has 4 rings (SSSR count). The fourth-order valence-corrected chi connectivity index (χ4v) is 3.53. The molecule has 0 amide bonds. The molecule has 0 aliphatic carbocycles. The van der Waals surface area contributed by atoms with Gasteiger partial charge in [-0.1, -0.05) is 36.4 Å². The first-order valence-corrected chi connectivity index (χ1v) is 8.12. The minimum absolute atomic E-state index is 0.525. The summed E-state index contributed by atoms with van der Waals surface area (Å²) in [5.74, 6) is 1.19. The Kier molecular flexibility index (Phi) is 3.48. The minimum atomic E-state index is 0.525.